The van der Waals surface area contributed by atoms with E-state index in [1.165, 1.54) is 10.6 Å². The first-order chi connectivity index (χ1) is 11.4. The molecule has 23 heavy (non-hydrogen) atoms. The zero-order valence-corrected chi connectivity index (χ0v) is 12.3. The molecule has 0 bridgehead atoms. The molecule has 2 aliphatic heterocycles. The van der Waals surface area contributed by atoms with Crippen LogP contribution in [0.2, 0.25) is 0 Å². The lowest BCUT2D eigenvalue weighted by Crippen LogP contribution is -2.52. The molecule has 116 valence electrons. The highest BCUT2D eigenvalue weighted by Gasteiger charge is 2.27. The summed E-state index contributed by atoms with van der Waals surface area (Å²) in [6.45, 7) is 0. The van der Waals surface area contributed by atoms with E-state index in [1.807, 2.05) is 83.1 Å². The smallest absolute Gasteiger partial charge is 0.0615 e. The summed E-state index contributed by atoms with van der Waals surface area (Å²) in [5.41, 5.74) is 8.01. The maximum Gasteiger partial charge on any atom is 0.0615 e. The van der Waals surface area contributed by atoms with Gasteiger partial charge in [0.05, 0.1) is 11.4 Å². The van der Waals surface area contributed by atoms with Crippen LogP contribution in [-0.2, 0) is 4.94 Å². The van der Waals surface area contributed by atoms with Gasteiger partial charge in [0, 0.05) is 35.4 Å². The summed E-state index contributed by atoms with van der Waals surface area (Å²) in [7, 11) is 0. The van der Waals surface area contributed by atoms with Crippen LogP contribution in [0.4, 0.5) is 11.4 Å². The van der Waals surface area contributed by atoms with Crippen LogP contribution < -0.4 is 20.9 Å². The van der Waals surface area contributed by atoms with Gasteiger partial charge in [-0.05, 0) is 24.3 Å². The van der Waals surface area contributed by atoms with Crippen molar-refractivity contribution in [3.8, 4) is 0 Å². The van der Waals surface area contributed by atoms with Crippen molar-refractivity contribution in [3.63, 3.8) is 0 Å². The molecule has 0 aliphatic carbocycles. The number of anilines is 2. The van der Waals surface area contributed by atoms with Gasteiger partial charge in [-0.25, -0.2) is 10.0 Å². The van der Waals surface area contributed by atoms with E-state index in [9.17, 15) is 0 Å². The van der Waals surface area contributed by atoms with Crippen molar-refractivity contribution in [1.82, 2.24) is 21.4 Å². The Morgan fingerprint density at radius 3 is 1.48 bits per heavy atom. The van der Waals surface area contributed by atoms with E-state index in [-0.39, 0.29) is 0 Å². The molecule has 2 aliphatic rings. The lowest BCUT2D eigenvalue weighted by Gasteiger charge is -2.33. The quantitative estimate of drug-likeness (QED) is 0.898. The zero-order chi connectivity index (χ0) is 15.5. The van der Waals surface area contributed by atoms with Gasteiger partial charge < -0.3 is 0 Å². The van der Waals surface area contributed by atoms with E-state index in [4.69, 9.17) is 4.94 Å². The van der Waals surface area contributed by atoms with Crippen molar-refractivity contribution in [2.45, 2.75) is 0 Å². The average Bonchev–Trinajstić information content (AvgIpc) is 3.26. The third-order valence-corrected chi connectivity index (χ3v) is 3.39. The Balaban J connectivity index is 1.49. The van der Waals surface area contributed by atoms with Gasteiger partial charge in [-0.2, -0.15) is 0 Å². The molecule has 2 aromatic rings. The van der Waals surface area contributed by atoms with Crippen LogP contribution in [0.3, 0.4) is 0 Å². The van der Waals surface area contributed by atoms with E-state index in [1.54, 1.807) is 12.4 Å². The van der Waals surface area contributed by atoms with Crippen LogP contribution in [0.25, 0.3) is 0 Å². The molecule has 0 spiro atoms. The second kappa shape index (κ2) is 6.01. The van der Waals surface area contributed by atoms with Crippen molar-refractivity contribution < 1.29 is 4.94 Å². The fraction of sp³-hybridized carbons (Fsp3) is 0. The van der Waals surface area contributed by atoms with Crippen LogP contribution in [0.1, 0.15) is 0 Å². The minimum Gasteiger partial charge on any atom is -0.281 e. The van der Waals surface area contributed by atoms with Gasteiger partial charge >= 0.3 is 0 Å². The van der Waals surface area contributed by atoms with E-state index >= 15 is 0 Å². The summed E-state index contributed by atoms with van der Waals surface area (Å²) in [6, 6.07) is 19.9. The Labute approximate surface area is 134 Å². The summed E-state index contributed by atoms with van der Waals surface area (Å²) >= 11 is 0. The first-order valence-electron chi connectivity index (χ1n) is 7.24. The molecule has 0 aromatic heterocycles. The number of para-hydroxylation sites is 2. The Hall–Kier alpha value is -3.00. The third-order valence-electron chi connectivity index (χ3n) is 3.39. The minimum atomic E-state index is 0.979. The molecule has 0 saturated carbocycles. The molecule has 0 radical (unpaired) electrons. The lowest BCUT2D eigenvalue weighted by atomic mass is 10.3. The summed E-state index contributed by atoms with van der Waals surface area (Å²) in [5.74, 6) is 0. The SMILES string of the molecule is C1=CN(c2ccccc2)N(ON2NC=CN2c2ccccc2)N1. The molecule has 2 N–H and O–H groups in total. The van der Waals surface area contributed by atoms with Crippen molar-refractivity contribution in [2.24, 2.45) is 0 Å². The standard InChI is InChI=1S/C16H16N6O/c1-3-7-15(8-4-1)19-13-11-17-21(19)23-22-18-12-14-20(22)16-9-5-2-6-10-16/h1-14,17-18H. The largest absolute Gasteiger partial charge is 0.281 e. The maximum atomic E-state index is 5.88. The molecule has 0 unspecified atom stereocenters. The lowest BCUT2D eigenvalue weighted by molar-refractivity contribution is -0.353. The fourth-order valence-electron chi connectivity index (χ4n) is 2.32. The Kier molecular flexibility index (Phi) is 3.57. The number of rotatable bonds is 4. The molecule has 2 heterocycles. The van der Waals surface area contributed by atoms with Crippen LogP contribution in [-0.4, -0.2) is 10.6 Å². The van der Waals surface area contributed by atoms with Gasteiger partial charge in [-0.3, -0.25) is 10.9 Å². The normalized spacial score (nSPS) is 17.6. The molecular formula is C16H16N6O. The second-order valence-corrected chi connectivity index (χ2v) is 4.88. The van der Waals surface area contributed by atoms with Crippen molar-refractivity contribution in [2.75, 3.05) is 10.0 Å². The van der Waals surface area contributed by atoms with E-state index in [0.29, 0.717) is 0 Å². The van der Waals surface area contributed by atoms with Crippen LogP contribution >= 0.6 is 0 Å². The highest BCUT2D eigenvalue weighted by Crippen LogP contribution is 2.22. The summed E-state index contributed by atoms with van der Waals surface area (Å²) in [6.07, 6.45) is 7.35. The number of nitrogens with zero attached hydrogens (tertiary/aromatic N) is 4. The second-order valence-electron chi connectivity index (χ2n) is 4.88. The van der Waals surface area contributed by atoms with Crippen LogP contribution in [0.15, 0.2) is 85.5 Å². The predicted molar refractivity (Wildman–Crippen MR) is 87.2 cm³/mol. The van der Waals surface area contributed by atoms with Crippen LogP contribution in [0.5, 0.6) is 0 Å². The van der Waals surface area contributed by atoms with Crippen molar-refractivity contribution in [1.29, 1.82) is 0 Å². The average molecular weight is 308 g/mol. The maximum absolute atomic E-state index is 5.88. The monoisotopic (exact) mass is 308 g/mol. The number of hydrogen-bond donors (Lipinski definition) is 2. The van der Waals surface area contributed by atoms with Gasteiger partial charge in [0.15, 0.2) is 0 Å². The molecule has 0 fully saturated rings. The Morgan fingerprint density at radius 1 is 0.609 bits per heavy atom. The molecule has 7 nitrogen and oxygen atoms in total. The van der Waals surface area contributed by atoms with E-state index in [2.05, 4.69) is 10.9 Å². The molecule has 7 heteroatoms. The van der Waals surface area contributed by atoms with Gasteiger partial charge in [-0.15, -0.1) is 4.94 Å². The Morgan fingerprint density at radius 2 is 1.04 bits per heavy atom. The van der Waals surface area contributed by atoms with Crippen molar-refractivity contribution >= 4 is 11.4 Å². The van der Waals surface area contributed by atoms with Crippen molar-refractivity contribution in [3.05, 3.63) is 85.5 Å². The number of hydrazine groups is 4. The molecular weight excluding hydrogens is 292 g/mol. The molecule has 0 saturated heterocycles. The fourth-order valence-corrected chi connectivity index (χ4v) is 2.32. The number of hydrogen-bond acceptors (Lipinski definition) is 7. The minimum absolute atomic E-state index is 0.979. The summed E-state index contributed by atoms with van der Waals surface area (Å²) < 4.78 is 0. The Bertz CT molecular complexity index is 644. The topological polar surface area (TPSA) is 46.3 Å². The third kappa shape index (κ3) is 2.71. The highest BCUT2D eigenvalue weighted by atomic mass is 16.9. The molecule has 0 atom stereocenters. The first kappa shape index (κ1) is 13.6. The predicted octanol–water partition coefficient (Wildman–Crippen LogP) is 2.26. The van der Waals surface area contributed by atoms with E-state index in [0.717, 1.165) is 11.4 Å². The number of nitrogens with one attached hydrogen (secondary N) is 2. The first-order valence-corrected chi connectivity index (χ1v) is 7.24. The summed E-state index contributed by atoms with van der Waals surface area (Å²) in [5, 5.41) is 6.74. The van der Waals surface area contributed by atoms with Gasteiger partial charge in [0.25, 0.3) is 0 Å². The zero-order valence-electron chi connectivity index (χ0n) is 12.3. The molecule has 2 aromatic carbocycles. The van der Waals surface area contributed by atoms with Gasteiger partial charge in [0.2, 0.25) is 0 Å². The highest BCUT2D eigenvalue weighted by molar-refractivity contribution is 5.49. The van der Waals surface area contributed by atoms with Crippen LogP contribution in [0, 0.1) is 0 Å². The molecule has 0 amide bonds. The van der Waals surface area contributed by atoms with Gasteiger partial charge in [0.1, 0.15) is 0 Å². The summed E-state index contributed by atoms with van der Waals surface area (Å²) in [4.78, 5) is 5.88. The molecule has 4 rings (SSSR count). The van der Waals surface area contributed by atoms with Gasteiger partial charge in [-0.1, -0.05) is 36.4 Å². The number of benzene rings is 2. The van der Waals surface area contributed by atoms with E-state index < -0.39 is 0 Å².